The van der Waals surface area contributed by atoms with Crippen molar-refractivity contribution in [2.24, 2.45) is 0 Å². The lowest BCUT2D eigenvalue weighted by molar-refractivity contribution is -0.384. The van der Waals surface area contributed by atoms with Gasteiger partial charge >= 0.3 is 5.97 Å². The highest BCUT2D eigenvalue weighted by Crippen LogP contribution is 2.36. The van der Waals surface area contributed by atoms with E-state index in [-0.39, 0.29) is 29.5 Å². The summed E-state index contributed by atoms with van der Waals surface area (Å²) in [4.78, 5) is 24.8. The van der Waals surface area contributed by atoms with Gasteiger partial charge < -0.3 is 19.7 Å². The topological polar surface area (TPSA) is 93.9 Å². The van der Waals surface area contributed by atoms with Crippen LogP contribution in [-0.2, 0) is 14.3 Å². The number of allylic oxidation sites excluding steroid dienone is 1. The van der Waals surface area contributed by atoms with Gasteiger partial charge in [0.15, 0.2) is 5.11 Å². The zero-order chi connectivity index (χ0) is 19.4. The standard InChI is InChI=1S/C16H18ClN3O5S/c1-9-13(15(21)25-7-6-24-3)14(18-16(26)19(9)2)11-8-10(20(22)23)4-5-12(11)17/h4-5,8,14H,6-7H2,1-3H3,(H,18,26). The molecule has 1 aromatic carbocycles. The van der Waals surface area contributed by atoms with E-state index in [1.54, 1.807) is 18.9 Å². The summed E-state index contributed by atoms with van der Waals surface area (Å²) in [7, 11) is 3.21. The van der Waals surface area contributed by atoms with E-state index < -0.39 is 16.9 Å². The molecule has 1 aromatic rings. The van der Waals surface area contributed by atoms with Gasteiger partial charge in [0.1, 0.15) is 6.61 Å². The molecular formula is C16H18ClN3O5S. The van der Waals surface area contributed by atoms with Gasteiger partial charge in [-0.3, -0.25) is 10.1 Å². The monoisotopic (exact) mass is 399 g/mol. The van der Waals surface area contributed by atoms with Crippen LogP contribution in [0.25, 0.3) is 0 Å². The molecular weight excluding hydrogens is 382 g/mol. The van der Waals surface area contributed by atoms with Crippen molar-refractivity contribution >= 4 is 40.6 Å². The Morgan fingerprint density at radius 3 is 2.77 bits per heavy atom. The number of rotatable bonds is 6. The Balaban J connectivity index is 2.50. The Labute approximate surface area is 160 Å². The third-order valence-electron chi connectivity index (χ3n) is 4.00. The van der Waals surface area contributed by atoms with Gasteiger partial charge in [-0.15, -0.1) is 0 Å². The lowest BCUT2D eigenvalue weighted by atomic mass is 9.94. The first-order valence-corrected chi connectivity index (χ1v) is 8.41. The minimum absolute atomic E-state index is 0.0790. The van der Waals surface area contributed by atoms with Crippen molar-refractivity contribution in [3.8, 4) is 0 Å². The molecule has 0 amide bonds. The van der Waals surface area contributed by atoms with Crippen LogP contribution in [-0.4, -0.2) is 48.3 Å². The second-order valence-corrected chi connectivity index (χ2v) is 6.33. The molecule has 0 spiro atoms. The minimum Gasteiger partial charge on any atom is -0.460 e. The van der Waals surface area contributed by atoms with Crippen LogP contribution in [0.1, 0.15) is 18.5 Å². The Morgan fingerprint density at radius 2 is 2.15 bits per heavy atom. The molecule has 1 heterocycles. The van der Waals surface area contributed by atoms with Gasteiger partial charge in [-0.1, -0.05) is 11.6 Å². The number of carbonyl (C=O) groups is 1. The van der Waals surface area contributed by atoms with Crippen LogP contribution in [0.4, 0.5) is 5.69 Å². The minimum atomic E-state index is -0.763. The molecule has 0 radical (unpaired) electrons. The van der Waals surface area contributed by atoms with Crippen LogP contribution in [0.3, 0.4) is 0 Å². The van der Waals surface area contributed by atoms with Crippen LogP contribution in [0.2, 0.25) is 5.02 Å². The predicted molar refractivity (Wildman–Crippen MR) is 99.9 cm³/mol. The highest BCUT2D eigenvalue weighted by molar-refractivity contribution is 7.80. The summed E-state index contributed by atoms with van der Waals surface area (Å²) in [6, 6.07) is 3.28. The number of hydrogen-bond donors (Lipinski definition) is 1. The first-order chi connectivity index (χ1) is 12.3. The lowest BCUT2D eigenvalue weighted by Gasteiger charge is -2.35. The molecule has 0 aromatic heterocycles. The van der Waals surface area contributed by atoms with Gasteiger partial charge in [0.05, 0.1) is 23.1 Å². The maximum absolute atomic E-state index is 12.6. The van der Waals surface area contributed by atoms with Crippen LogP contribution in [0.15, 0.2) is 29.5 Å². The second kappa shape index (κ2) is 8.43. The predicted octanol–water partition coefficient (Wildman–Crippen LogP) is 2.57. The van der Waals surface area contributed by atoms with E-state index in [9.17, 15) is 14.9 Å². The number of nitro groups is 1. The molecule has 10 heteroatoms. The molecule has 0 saturated carbocycles. The van der Waals surface area contributed by atoms with Gasteiger partial charge in [0.25, 0.3) is 5.69 Å². The average molecular weight is 400 g/mol. The van der Waals surface area contributed by atoms with E-state index in [4.69, 9.17) is 33.3 Å². The first-order valence-electron chi connectivity index (χ1n) is 7.62. The fourth-order valence-electron chi connectivity index (χ4n) is 2.49. The molecule has 2 rings (SSSR count). The number of non-ortho nitro benzene ring substituents is 1. The molecule has 0 aliphatic carbocycles. The number of nitro benzene ring substituents is 1. The fourth-order valence-corrected chi connectivity index (χ4v) is 2.98. The number of benzene rings is 1. The van der Waals surface area contributed by atoms with E-state index in [0.29, 0.717) is 16.4 Å². The molecule has 1 unspecified atom stereocenters. The Morgan fingerprint density at radius 1 is 1.46 bits per heavy atom. The largest absolute Gasteiger partial charge is 0.460 e. The van der Waals surface area contributed by atoms with Crippen molar-refractivity contribution in [3.63, 3.8) is 0 Å². The fraction of sp³-hybridized carbons (Fsp3) is 0.375. The van der Waals surface area contributed by atoms with Crippen LogP contribution in [0, 0.1) is 10.1 Å². The van der Waals surface area contributed by atoms with Crippen LogP contribution < -0.4 is 5.32 Å². The number of nitrogens with zero attached hydrogens (tertiary/aromatic N) is 2. The van der Waals surface area contributed by atoms with E-state index in [1.165, 1.54) is 25.3 Å². The molecule has 1 aliphatic rings. The quantitative estimate of drug-likeness (QED) is 0.256. The number of nitrogens with one attached hydrogen (secondary N) is 1. The normalized spacial score (nSPS) is 17.2. The van der Waals surface area contributed by atoms with E-state index in [0.717, 1.165) is 0 Å². The van der Waals surface area contributed by atoms with Crippen LogP contribution in [0.5, 0.6) is 0 Å². The number of ether oxygens (including phenoxy) is 2. The molecule has 0 bridgehead atoms. The lowest BCUT2D eigenvalue weighted by Crippen LogP contribution is -2.46. The summed E-state index contributed by atoms with van der Waals surface area (Å²) < 4.78 is 10.1. The molecule has 140 valence electrons. The average Bonchev–Trinajstić information content (AvgIpc) is 2.59. The van der Waals surface area contributed by atoms with Gasteiger partial charge in [-0.05, 0) is 25.2 Å². The summed E-state index contributed by atoms with van der Waals surface area (Å²) in [5, 5.41) is 14.7. The molecule has 1 atom stereocenters. The zero-order valence-electron chi connectivity index (χ0n) is 14.4. The van der Waals surface area contributed by atoms with Crippen molar-refractivity contribution in [1.82, 2.24) is 10.2 Å². The number of halogens is 1. The molecule has 8 nitrogen and oxygen atoms in total. The van der Waals surface area contributed by atoms with E-state index in [2.05, 4.69) is 5.32 Å². The van der Waals surface area contributed by atoms with E-state index >= 15 is 0 Å². The maximum atomic E-state index is 12.6. The van der Waals surface area contributed by atoms with Crippen molar-refractivity contribution in [2.75, 3.05) is 27.4 Å². The Kier molecular flexibility index (Phi) is 6.52. The molecule has 0 saturated heterocycles. The SMILES string of the molecule is COCCOC(=O)C1=C(C)N(C)C(=S)NC1c1cc([N+](=O)[O-])ccc1Cl. The summed E-state index contributed by atoms with van der Waals surface area (Å²) in [5.41, 5.74) is 1.08. The summed E-state index contributed by atoms with van der Waals surface area (Å²) >= 11 is 11.5. The third-order valence-corrected chi connectivity index (χ3v) is 4.73. The third kappa shape index (κ3) is 4.12. The molecule has 1 N–H and O–H groups in total. The Hall–Kier alpha value is -2.23. The maximum Gasteiger partial charge on any atom is 0.338 e. The highest BCUT2D eigenvalue weighted by Gasteiger charge is 2.35. The number of esters is 1. The molecule has 26 heavy (non-hydrogen) atoms. The number of hydrogen-bond acceptors (Lipinski definition) is 6. The van der Waals surface area contributed by atoms with Crippen molar-refractivity contribution in [1.29, 1.82) is 0 Å². The first kappa shape index (κ1) is 20.1. The van der Waals surface area contributed by atoms with E-state index in [1.807, 2.05) is 0 Å². The Bertz CT molecular complexity index is 783. The zero-order valence-corrected chi connectivity index (χ0v) is 16.0. The van der Waals surface area contributed by atoms with Gasteiger partial charge in [-0.25, -0.2) is 4.79 Å². The van der Waals surface area contributed by atoms with Gasteiger partial charge in [0.2, 0.25) is 0 Å². The number of thiocarbonyl (C=S) groups is 1. The molecule has 0 fully saturated rings. The number of methoxy groups -OCH3 is 1. The second-order valence-electron chi connectivity index (χ2n) is 5.53. The van der Waals surface area contributed by atoms with Crippen molar-refractivity contribution in [2.45, 2.75) is 13.0 Å². The summed E-state index contributed by atoms with van der Waals surface area (Å²) in [6.07, 6.45) is 0. The van der Waals surface area contributed by atoms with Gasteiger partial charge in [0, 0.05) is 42.6 Å². The number of carbonyl (C=O) groups excluding carboxylic acids is 1. The van der Waals surface area contributed by atoms with Crippen molar-refractivity contribution < 1.29 is 19.2 Å². The van der Waals surface area contributed by atoms with Gasteiger partial charge in [-0.2, -0.15) is 0 Å². The van der Waals surface area contributed by atoms with Crippen molar-refractivity contribution in [3.05, 3.63) is 50.2 Å². The summed E-state index contributed by atoms with van der Waals surface area (Å²) in [6.45, 7) is 2.05. The molecule has 1 aliphatic heterocycles. The smallest absolute Gasteiger partial charge is 0.338 e. The summed E-state index contributed by atoms with van der Waals surface area (Å²) in [5.74, 6) is -0.575. The van der Waals surface area contributed by atoms with Crippen LogP contribution >= 0.6 is 23.8 Å². The highest BCUT2D eigenvalue weighted by atomic mass is 35.5.